The van der Waals surface area contributed by atoms with Crippen LogP contribution in [0.25, 0.3) is 0 Å². The zero-order valence-electron chi connectivity index (χ0n) is 18.1. The normalized spacial score (nSPS) is 17.2. The molecule has 2 N–H and O–H groups in total. The number of ether oxygens (including phenoxy) is 3. The number of carbonyl (C=O) groups is 2. The monoisotopic (exact) mass is 448 g/mol. The number of carbonyl (C=O) groups excluding carboxylic acids is 2. The summed E-state index contributed by atoms with van der Waals surface area (Å²) in [7, 11) is 1.32. The number of H-pyrrole nitrogens is 1. The molecule has 2 atom stereocenters. The summed E-state index contributed by atoms with van der Waals surface area (Å²) in [5.41, 5.74) is 3.53. The minimum absolute atomic E-state index is 0.168. The standard InChI is InChI=1S/C24H24N4O5/c1-31-23(29)18(11-15-5-3-2-4-6-15)27-24(30)28-10-9-17-21(26-13-25-17)22(28)16-7-8-19-20(12-16)33-14-32-19/h2-8,12-13,18,22H,9-11,14H2,1H3,(H,25,26)(H,27,30)/t18-,22+/m0/s1. The number of hydrogen-bond acceptors (Lipinski definition) is 6. The number of aromatic nitrogens is 2. The molecule has 0 saturated carbocycles. The van der Waals surface area contributed by atoms with Crippen molar-refractivity contribution < 1.29 is 23.8 Å². The van der Waals surface area contributed by atoms with Gasteiger partial charge in [-0.15, -0.1) is 0 Å². The molecule has 0 bridgehead atoms. The van der Waals surface area contributed by atoms with Gasteiger partial charge in [0.2, 0.25) is 6.79 Å². The third kappa shape index (κ3) is 4.09. The first-order valence-electron chi connectivity index (χ1n) is 10.7. The Kier molecular flexibility index (Phi) is 5.60. The van der Waals surface area contributed by atoms with E-state index >= 15 is 0 Å². The van der Waals surface area contributed by atoms with Crippen molar-refractivity contribution in [1.29, 1.82) is 0 Å². The maximum atomic E-state index is 13.5. The number of rotatable bonds is 5. The number of aromatic amines is 1. The second kappa shape index (κ2) is 8.85. The Morgan fingerprint density at radius 3 is 2.85 bits per heavy atom. The molecule has 0 fully saturated rings. The lowest BCUT2D eigenvalue weighted by molar-refractivity contribution is -0.142. The van der Waals surface area contributed by atoms with Crippen LogP contribution in [-0.4, -0.2) is 53.4 Å². The van der Waals surface area contributed by atoms with Gasteiger partial charge >= 0.3 is 12.0 Å². The first-order chi connectivity index (χ1) is 16.1. The number of methoxy groups -OCH3 is 1. The summed E-state index contributed by atoms with van der Waals surface area (Å²) in [6, 6.07) is 13.5. The second-order valence-electron chi connectivity index (χ2n) is 7.94. The minimum Gasteiger partial charge on any atom is -0.467 e. The van der Waals surface area contributed by atoms with E-state index in [1.807, 2.05) is 48.5 Å². The van der Waals surface area contributed by atoms with Gasteiger partial charge < -0.3 is 29.4 Å². The number of nitrogens with zero attached hydrogens (tertiary/aromatic N) is 2. The SMILES string of the molecule is COC(=O)[C@H](Cc1ccccc1)NC(=O)N1CCc2[nH]cnc2[C@H]1c1ccc2c(c1)OCO2. The molecule has 2 amide bonds. The second-order valence-corrected chi connectivity index (χ2v) is 7.94. The van der Waals surface area contributed by atoms with Crippen molar-refractivity contribution in [1.82, 2.24) is 20.2 Å². The number of benzene rings is 2. The predicted molar refractivity (Wildman–Crippen MR) is 118 cm³/mol. The summed E-state index contributed by atoms with van der Waals surface area (Å²) in [5, 5.41) is 2.88. The van der Waals surface area contributed by atoms with E-state index in [4.69, 9.17) is 14.2 Å². The number of imidazole rings is 1. The molecule has 2 aromatic carbocycles. The molecule has 3 aromatic rings. The number of nitrogens with one attached hydrogen (secondary N) is 2. The maximum absolute atomic E-state index is 13.5. The van der Waals surface area contributed by atoms with Crippen molar-refractivity contribution in [3.05, 3.63) is 77.4 Å². The van der Waals surface area contributed by atoms with Gasteiger partial charge in [0.15, 0.2) is 11.5 Å². The summed E-state index contributed by atoms with van der Waals surface area (Å²) in [6.45, 7) is 0.626. The minimum atomic E-state index is -0.817. The van der Waals surface area contributed by atoms with Crippen LogP contribution in [0.5, 0.6) is 11.5 Å². The van der Waals surface area contributed by atoms with Crippen LogP contribution >= 0.6 is 0 Å². The van der Waals surface area contributed by atoms with Gasteiger partial charge in [0.05, 0.1) is 19.1 Å². The molecule has 0 aliphatic carbocycles. The molecule has 9 heteroatoms. The topological polar surface area (TPSA) is 106 Å². The van der Waals surface area contributed by atoms with Crippen molar-refractivity contribution in [2.45, 2.75) is 24.9 Å². The third-order valence-corrected chi connectivity index (χ3v) is 5.96. The number of fused-ring (bicyclic) bond motifs is 2. The lowest BCUT2D eigenvalue weighted by Crippen LogP contribution is -2.52. The summed E-state index contributed by atoms with van der Waals surface area (Å²) in [6.07, 6.45) is 2.60. The highest BCUT2D eigenvalue weighted by Crippen LogP contribution is 2.39. The average molecular weight is 448 g/mol. The van der Waals surface area contributed by atoms with E-state index in [0.717, 1.165) is 22.5 Å². The molecule has 0 unspecified atom stereocenters. The van der Waals surface area contributed by atoms with Crippen LogP contribution in [0.1, 0.15) is 28.6 Å². The quantitative estimate of drug-likeness (QED) is 0.581. The summed E-state index contributed by atoms with van der Waals surface area (Å²) >= 11 is 0. The largest absolute Gasteiger partial charge is 0.467 e. The molecular weight excluding hydrogens is 424 g/mol. The van der Waals surface area contributed by atoms with E-state index in [1.54, 1.807) is 11.2 Å². The Bertz CT molecular complexity index is 1160. The molecule has 9 nitrogen and oxygen atoms in total. The molecule has 2 aliphatic rings. The first kappa shape index (κ1) is 20.9. The van der Waals surface area contributed by atoms with Gasteiger partial charge in [0.1, 0.15) is 12.1 Å². The van der Waals surface area contributed by atoms with Crippen molar-refractivity contribution in [3.8, 4) is 11.5 Å². The van der Waals surface area contributed by atoms with Crippen molar-refractivity contribution in [2.24, 2.45) is 0 Å². The first-order valence-corrected chi connectivity index (χ1v) is 10.7. The Morgan fingerprint density at radius 2 is 2.03 bits per heavy atom. The van der Waals surface area contributed by atoms with Gasteiger partial charge in [-0.05, 0) is 23.3 Å². The zero-order valence-corrected chi connectivity index (χ0v) is 18.1. The van der Waals surface area contributed by atoms with Crippen LogP contribution in [0.2, 0.25) is 0 Å². The Balaban J connectivity index is 1.43. The molecule has 2 aliphatic heterocycles. The van der Waals surface area contributed by atoms with Crippen LogP contribution < -0.4 is 14.8 Å². The highest BCUT2D eigenvalue weighted by molar-refractivity contribution is 5.84. The fraction of sp³-hybridized carbons (Fsp3) is 0.292. The molecule has 1 aromatic heterocycles. The molecule has 0 saturated heterocycles. The van der Waals surface area contributed by atoms with E-state index in [1.165, 1.54) is 7.11 Å². The fourth-order valence-electron chi connectivity index (χ4n) is 4.33. The smallest absolute Gasteiger partial charge is 0.328 e. The lowest BCUT2D eigenvalue weighted by atomic mass is 9.95. The van der Waals surface area contributed by atoms with Gasteiger partial charge in [0.25, 0.3) is 0 Å². The van der Waals surface area contributed by atoms with E-state index in [0.29, 0.717) is 30.9 Å². The van der Waals surface area contributed by atoms with Crippen LogP contribution in [0.4, 0.5) is 4.79 Å². The molecule has 170 valence electrons. The highest BCUT2D eigenvalue weighted by atomic mass is 16.7. The maximum Gasteiger partial charge on any atom is 0.328 e. The van der Waals surface area contributed by atoms with E-state index in [-0.39, 0.29) is 12.8 Å². The number of urea groups is 1. The molecule has 5 rings (SSSR count). The number of hydrogen-bond donors (Lipinski definition) is 2. The van der Waals surface area contributed by atoms with Crippen LogP contribution in [-0.2, 0) is 22.4 Å². The van der Waals surface area contributed by atoms with Crippen LogP contribution in [0.15, 0.2) is 54.9 Å². The predicted octanol–water partition coefficient (Wildman–Crippen LogP) is 2.58. The Labute approximate surface area is 190 Å². The van der Waals surface area contributed by atoms with E-state index in [2.05, 4.69) is 15.3 Å². The van der Waals surface area contributed by atoms with Crippen LogP contribution in [0, 0.1) is 0 Å². The zero-order chi connectivity index (χ0) is 22.8. The third-order valence-electron chi connectivity index (χ3n) is 5.96. The van der Waals surface area contributed by atoms with Gasteiger partial charge in [0, 0.05) is 25.1 Å². The van der Waals surface area contributed by atoms with Gasteiger partial charge in [-0.1, -0.05) is 36.4 Å². The molecule has 0 radical (unpaired) electrons. The molecule has 3 heterocycles. The Morgan fingerprint density at radius 1 is 1.21 bits per heavy atom. The molecule has 0 spiro atoms. The summed E-state index contributed by atoms with van der Waals surface area (Å²) in [5.74, 6) is 0.803. The van der Waals surface area contributed by atoms with Crippen molar-refractivity contribution in [3.63, 3.8) is 0 Å². The summed E-state index contributed by atoms with van der Waals surface area (Å²) < 4.78 is 15.9. The Hall–Kier alpha value is -4.01. The van der Waals surface area contributed by atoms with Gasteiger partial charge in [-0.3, -0.25) is 0 Å². The summed E-state index contributed by atoms with van der Waals surface area (Å²) in [4.78, 5) is 35.3. The highest BCUT2D eigenvalue weighted by Gasteiger charge is 2.36. The van der Waals surface area contributed by atoms with Crippen molar-refractivity contribution in [2.75, 3.05) is 20.4 Å². The van der Waals surface area contributed by atoms with Gasteiger partial charge in [-0.25, -0.2) is 14.6 Å². The fourth-order valence-corrected chi connectivity index (χ4v) is 4.33. The lowest BCUT2D eigenvalue weighted by Gasteiger charge is -2.36. The van der Waals surface area contributed by atoms with E-state index < -0.39 is 18.1 Å². The van der Waals surface area contributed by atoms with Crippen LogP contribution in [0.3, 0.4) is 0 Å². The number of esters is 1. The van der Waals surface area contributed by atoms with Gasteiger partial charge in [-0.2, -0.15) is 0 Å². The van der Waals surface area contributed by atoms with E-state index in [9.17, 15) is 9.59 Å². The number of amides is 2. The van der Waals surface area contributed by atoms with Crippen molar-refractivity contribution >= 4 is 12.0 Å². The molecular formula is C24H24N4O5. The average Bonchev–Trinajstić information content (AvgIpc) is 3.52. The molecule has 33 heavy (non-hydrogen) atoms.